The van der Waals surface area contributed by atoms with Crippen LogP contribution in [-0.4, -0.2) is 23.4 Å². The Labute approximate surface area is 89.3 Å². The number of phenols is 2. The summed E-state index contributed by atoms with van der Waals surface area (Å²) in [5.41, 5.74) is 0.284. The normalized spacial score (nSPS) is 16.8. The molecule has 0 saturated heterocycles. The van der Waals surface area contributed by atoms with Crippen molar-refractivity contribution in [2.75, 3.05) is 0 Å². The second kappa shape index (κ2) is 2.53. The van der Waals surface area contributed by atoms with E-state index in [4.69, 9.17) is 0 Å². The maximum Gasteiger partial charge on any atom is 0.522 e. The number of nitrogens with zero attached hydrogens (tertiary/aromatic N) is 1. The topological polar surface area (TPSA) is 98.0 Å². The fourth-order valence-electron chi connectivity index (χ4n) is 1.53. The van der Waals surface area contributed by atoms with E-state index >= 15 is 0 Å². The van der Waals surface area contributed by atoms with E-state index in [1.54, 1.807) is 0 Å². The predicted octanol–water partition coefficient (Wildman–Crippen LogP) is 0.118. The third-order valence-electron chi connectivity index (χ3n) is 2.18. The molecule has 2 heterocycles. The molecule has 1 aromatic heterocycles. The SMILES string of the molecule is O=S1(=O)Oc2cc3cc(O)c(O)cc3n2O1. The molecule has 0 amide bonds. The van der Waals surface area contributed by atoms with Crippen molar-refractivity contribution in [3.8, 4) is 17.4 Å². The van der Waals surface area contributed by atoms with E-state index in [1.807, 2.05) is 0 Å². The highest BCUT2D eigenvalue weighted by Crippen LogP contribution is 2.36. The van der Waals surface area contributed by atoms with Crippen LogP contribution in [0.5, 0.6) is 17.4 Å². The quantitative estimate of drug-likeness (QED) is 0.637. The maximum absolute atomic E-state index is 11.0. The first-order valence-electron chi connectivity index (χ1n) is 4.18. The van der Waals surface area contributed by atoms with Gasteiger partial charge in [-0.2, -0.15) is 0 Å². The van der Waals surface area contributed by atoms with Crippen LogP contribution >= 0.6 is 0 Å². The average Bonchev–Trinajstić information content (AvgIpc) is 2.60. The van der Waals surface area contributed by atoms with Crippen molar-refractivity contribution in [3.63, 3.8) is 0 Å². The minimum atomic E-state index is -4.06. The molecule has 0 fully saturated rings. The molecule has 0 aliphatic carbocycles. The lowest BCUT2D eigenvalue weighted by atomic mass is 10.2. The Morgan fingerprint density at radius 2 is 1.81 bits per heavy atom. The lowest BCUT2D eigenvalue weighted by molar-refractivity contribution is 0.311. The summed E-state index contributed by atoms with van der Waals surface area (Å²) in [5, 5.41) is 19.0. The molecule has 0 radical (unpaired) electrons. The number of phenolic OH excluding ortho intramolecular Hbond substituents is 2. The highest BCUT2D eigenvalue weighted by Gasteiger charge is 2.30. The first-order chi connectivity index (χ1) is 7.46. The van der Waals surface area contributed by atoms with Gasteiger partial charge in [0.05, 0.1) is 5.52 Å². The number of fused-ring (bicyclic) bond motifs is 3. The summed E-state index contributed by atoms with van der Waals surface area (Å²) in [6.45, 7) is 0. The molecule has 2 N–H and O–H groups in total. The standard InChI is InChI=1S/C8H5NO6S/c10-6-1-4-2-8-9(5(4)3-7(6)11)15-16(12,13)14-8/h1-3,10-11H. The third kappa shape index (κ3) is 1.10. The molecule has 16 heavy (non-hydrogen) atoms. The molecule has 2 aromatic rings. The number of hydrogen-bond donors (Lipinski definition) is 2. The highest BCUT2D eigenvalue weighted by atomic mass is 32.3. The summed E-state index contributed by atoms with van der Waals surface area (Å²) in [5.74, 6) is -0.707. The minimum absolute atomic E-state index is 0.0278. The fraction of sp³-hybridized carbons (Fsp3) is 0. The van der Waals surface area contributed by atoms with Gasteiger partial charge in [-0.25, -0.2) is 0 Å². The number of rotatable bonds is 0. The predicted molar refractivity (Wildman–Crippen MR) is 51.4 cm³/mol. The molecule has 7 nitrogen and oxygen atoms in total. The van der Waals surface area contributed by atoms with Crippen LogP contribution < -0.4 is 8.47 Å². The molecule has 0 bridgehead atoms. The zero-order valence-corrected chi connectivity index (χ0v) is 8.43. The van der Waals surface area contributed by atoms with Gasteiger partial charge in [0, 0.05) is 17.5 Å². The number of aromatic nitrogens is 1. The third-order valence-corrected chi connectivity index (χ3v) is 2.88. The zero-order valence-electron chi connectivity index (χ0n) is 7.61. The summed E-state index contributed by atoms with van der Waals surface area (Å²) in [4.78, 5) is 0. The van der Waals surface area contributed by atoms with Crippen molar-refractivity contribution >= 4 is 21.3 Å². The Morgan fingerprint density at radius 3 is 2.56 bits per heavy atom. The van der Waals surface area contributed by atoms with Crippen molar-refractivity contribution in [1.29, 1.82) is 0 Å². The molecule has 84 valence electrons. The van der Waals surface area contributed by atoms with Crippen molar-refractivity contribution < 1.29 is 27.1 Å². The minimum Gasteiger partial charge on any atom is -0.504 e. The van der Waals surface area contributed by atoms with Crippen LogP contribution in [0, 0.1) is 0 Å². The van der Waals surface area contributed by atoms with Crippen molar-refractivity contribution in [2.24, 2.45) is 0 Å². The van der Waals surface area contributed by atoms with Crippen LogP contribution in [0.4, 0.5) is 0 Å². The second-order valence-electron chi connectivity index (χ2n) is 3.24. The number of aromatic hydroxyl groups is 2. The molecule has 1 aliphatic heterocycles. The van der Waals surface area contributed by atoms with Gasteiger partial charge in [0.15, 0.2) is 11.5 Å². The van der Waals surface area contributed by atoms with Crippen LogP contribution in [-0.2, 0) is 10.4 Å². The van der Waals surface area contributed by atoms with Crippen LogP contribution in [0.15, 0.2) is 18.2 Å². The maximum atomic E-state index is 11.0. The van der Waals surface area contributed by atoms with Gasteiger partial charge >= 0.3 is 10.4 Å². The number of benzene rings is 1. The van der Waals surface area contributed by atoms with Gasteiger partial charge in [0.25, 0.3) is 5.88 Å². The summed E-state index contributed by atoms with van der Waals surface area (Å²) in [6, 6.07) is 3.83. The molecule has 0 saturated carbocycles. The van der Waals surface area contributed by atoms with Gasteiger partial charge < -0.3 is 14.4 Å². The summed E-state index contributed by atoms with van der Waals surface area (Å²) >= 11 is 0. The highest BCUT2D eigenvalue weighted by molar-refractivity contribution is 7.82. The van der Waals surface area contributed by atoms with E-state index in [2.05, 4.69) is 8.47 Å². The Morgan fingerprint density at radius 1 is 1.12 bits per heavy atom. The first kappa shape index (κ1) is 9.16. The van der Waals surface area contributed by atoms with E-state index in [0.717, 1.165) is 4.73 Å². The van der Waals surface area contributed by atoms with E-state index in [-0.39, 0.29) is 22.9 Å². The Kier molecular flexibility index (Phi) is 1.45. The first-order valence-corrected chi connectivity index (χ1v) is 5.51. The molecular weight excluding hydrogens is 238 g/mol. The van der Waals surface area contributed by atoms with Gasteiger partial charge in [-0.05, 0) is 6.07 Å². The van der Waals surface area contributed by atoms with Gasteiger partial charge in [-0.15, -0.1) is 13.1 Å². The number of hydrogen-bond acceptors (Lipinski definition) is 6. The van der Waals surface area contributed by atoms with Crippen LogP contribution in [0.1, 0.15) is 0 Å². The zero-order chi connectivity index (χ0) is 11.5. The largest absolute Gasteiger partial charge is 0.522 e. The molecule has 8 heteroatoms. The lowest BCUT2D eigenvalue weighted by Gasteiger charge is -1.99. The molecule has 0 atom stereocenters. The molecule has 0 unspecified atom stereocenters. The summed E-state index contributed by atoms with van der Waals surface area (Å²) in [6.07, 6.45) is 0. The van der Waals surface area contributed by atoms with Gasteiger partial charge in [-0.3, -0.25) is 4.28 Å². The smallest absolute Gasteiger partial charge is 0.504 e. The van der Waals surface area contributed by atoms with Crippen LogP contribution in [0.25, 0.3) is 10.9 Å². The molecule has 3 rings (SSSR count). The van der Waals surface area contributed by atoms with Crippen LogP contribution in [0.2, 0.25) is 0 Å². The van der Waals surface area contributed by atoms with Crippen LogP contribution in [0.3, 0.4) is 0 Å². The Balaban J connectivity index is 2.34. The molecule has 1 aliphatic rings. The van der Waals surface area contributed by atoms with E-state index < -0.39 is 10.4 Å². The summed E-state index contributed by atoms with van der Waals surface area (Å²) in [7, 11) is -4.06. The Bertz CT molecular complexity index is 701. The summed E-state index contributed by atoms with van der Waals surface area (Å²) < 4.78 is 31.9. The monoisotopic (exact) mass is 243 g/mol. The Hall–Kier alpha value is -2.09. The van der Waals surface area contributed by atoms with Crippen molar-refractivity contribution in [3.05, 3.63) is 18.2 Å². The molecule has 0 spiro atoms. The molecular formula is C8H5NO6S. The van der Waals surface area contributed by atoms with Crippen molar-refractivity contribution in [2.45, 2.75) is 0 Å². The van der Waals surface area contributed by atoms with E-state index in [1.165, 1.54) is 18.2 Å². The van der Waals surface area contributed by atoms with Crippen molar-refractivity contribution in [1.82, 2.24) is 4.73 Å². The van der Waals surface area contributed by atoms with Gasteiger partial charge in [0.1, 0.15) is 0 Å². The average molecular weight is 243 g/mol. The van der Waals surface area contributed by atoms with Gasteiger partial charge in [0.2, 0.25) is 0 Å². The van der Waals surface area contributed by atoms with E-state index in [0.29, 0.717) is 5.39 Å². The fourth-order valence-corrected chi connectivity index (χ4v) is 2.22. The van der Waals surface area contributed by atoms with Gasteiger partial charge in [-0.1, -0.05) is 0 Å². The second-order valence-corrected chi connectivity index (χ2v) is 4.38. The lowest BCUT2D eigenvalue weighted by Crippen LogP contribution is -2.13. The molecule has 1 aromatic carbocycles. The van der Waals surface area contributed by atoms with E-state index in [9.17, 15) is 18.6 Å².